The first-order chi connectivity index (χ1) is 8.11. The lowest BCUT2D eigenvalue weighted by Gasteiger charge is -2.20. The van der Waals surface area contributed by atoms with Crippen molar-refractivity contribution in [2.45, 2.75) is 13.0 Å². The van der Waals surface area contributed by atoms with Gasteiger partial charge in [-0.05, 0) is 28.1 Å². The van der Waals surface area contributed by atoms with Gasteiger partial charge in [0.2, 0.25) is 0 Å². The number of nitrogens with one attached hydrogen (secondary N) is 1. The van der Waals surface area contributed by atoms with Gasteiger partial charge in [0.1, 0.15) is 0 Å². The van der Waals surface area contributed by atoms with Crippen molar-refractivity contribution in [1.82, 2.24) is 4.90 Å². The zero-order chi connectivity index (χ0) is 12.7. The summed E-state index contributed by atoms with van der Waals surface area (Å²) in [5.41, 5.74) is 5.39. The lowest BCUT2D eigenvalue weighted by Crippen LogP contribution is -2.30. The minimum absolute atomic E-state index is 0.236. The third kappa shape index (κ3) is 6.16. The molecule has 0 aliphatic carbocycles. The summed E-state index contributed by atoms with van der Waals surface area (Å²) in [6.45, 7) is 3.24. The molecule has 0 aliphatic rings. The molecule has 0 unspecified atom stereocenters. The molecule has 17 heavy (non-hydrogen) atoms. The third-order valence-electron chi connectivity index (χ3n) is 2.32. The van der Waals surface area contributed by atoms with Gasteiger partial charge < -0.3 is 10.5 Å². The first-order valence-electron chi connectivity index (χ1n) is 5.40. The zero-order valence-corrected chi connectivity index (χ0v) is 12.3. The van der Waals surface area contributed by atoms with E-state index in [1.807, 2.05) is 0 Å². The molecule has 1 aromatic rings. The van der Waals surface area contributed by atoms with Crippen molar-refractivity contribution in [3.05, 3.63) is 20.8 Å². The second-order valence-electron chi connectivity index (χ2n) is 3.75. The molecule has 0 atom stereocenters. The van der Waals surface area contributed by atoms with Crippen molar-refractivity contribution < 1.29 is 4.74 Å². The van der Waals surface area contributed by atoms with Crippen LogP contribution in [0.2, 0.25) is 0 Å². The molecule has 0 radical (unpaired) electrons. The Morgan fingerprint density at radius 1 is 1.53 bits per heavy atom. The van der Waals surface area contributed by atoms with Crippen LogP contribution in [0, 0.1) is 5.41 Å². The van der Waals surface area contributed by atoms with E-state index in [1.165, 1.54) is 4.88 Å². The highest BCUT2D eigenvalue weighted by Crippen LogP contribution is 2.23. The summed E-state index contributed by atoms with van der Waals surface area (Å²) in [4.78, 5) is 3.56. The van der Waals surface area contributed by atoms with Gasteiger partial charge in [-0.15, -0.1) is 11.3 Å². The molecule has 1 rings (SSSR count). The Bertz CT molecular complexity index is 356. The Morgan fingerprint density at radius 3 is 2.82 bits per heavy atom. The van der Waals surface area contributed by atoms with Crippen LogP contribution in [-0.4, -0.2) is 37.5 Å². The molecule has 0 aromatic carbocycles. The van der Waals surface area contributed by atoms with Gasteiger partial charge in [-0.3, -0.25) is 10.3 Å². The van der Waals surface area contributed by atoms with E-state index in [9.17, 15) is 0 Å². The first-order valence-corrected chi connectivity index (χ1v) is 7.01. The minimum atomic E-state index is 0.236. The minimum Gasteiger partial charge on any atom is -0.388 e. The van der Waals surface area contributed by atoms with E-state index in [1.54, 1.807) is 18.4 Å². The molecule has 4 nitrogen and oxygen atoms in total. The van der Waals surface area contributed by atoms with E-state index >= 15 is 0 Å². The summed E-state index contributed by atoms with van der Waals surface area (Å²) >= 11 is 5.19. The summed E-state index contributed by atoms with van der Waals surface area (Å²) in [5.74, 6) is 0.236. The number of nitrogens with zero attached hydrogens (tertiary/aromatic N) is 1. The molecule has 0 saturated heterocycles. The Hall–Kier alpha value is -0.430. The fourth-order valence-electron chi connectivity index (χ4n) is 1.43. The van der Waals surface area contributed by atoms with E-state index in [-0.39, 0.29) is 5.84 Å². The van der Waals surface area contributed by atoms with Crippen molar-refractivity contribution in [3.8, 4) is 0 Å². The van der Waals surface area contributed by atoms with E-state index < -0.39 is 0 Å². The van der Waals surface area contributed by atoms with Crippen molar-refractivity contribution in [1.29, 1.82) is 5.41 Å². The smallest absolute Gasteiger partial charge is 0.0918 e. The van der Waals surface area contributed by atoms with Crippen LogP contribution in [0.5, 0.6) is 0 Å². The van der Waals surface area contributed by atoms with Gasteiger partial charge in [0, 0.05) is 38.0 Å². The molecule has 0 amide bonds. The summed E-state index contributed by atoms with van der Waals surface area (Å²) in [6, 6.07) is 4.17. The lowest BCUT2D eigenvalue weighted by atomic mass is 10.3. The molecule has 0 bridgehead atoms. The SMILES string of the molecule is COCCN(CCC(=N)N)Cc1ccc(Br)s1. The third-order valence-corrected chi connectivity index (χ3v) is 3.93. The fourth-order valence-corrected chi connectivity index (χ4v) is 2.95. The van der Waals surface area contributed by atoms with Gasteiger partial charge in [-0.2, -0.15) is 0 Å². The standard InChI is InChI=1S/C11H18BrN3OS/c1-16-7-6-15(5-4-11(13)14)8-9-2-3-10(12)17-9/h2-3H,4-8H2,1H3,(H3,13,14). The second kappa shape index (κ2) is 7.81. The Balaban J connectivity index is 2.47. The summed E-state index contributed by atoms with van der Waals surface area (Å²) in [7, 11) is 1.70. The van der Waals surface area contributed by atoms with E-state index in [0.717, 1.165) is 23.4 Å². The Kier molecular flexibility index (Phi) is 6.72. The van der Waals surface area contributed by atoms with Gasteiger partial charge in [0.05, 0.1) is 16.2 Å². The molecule has 3 N–H and O–H groups in total. The highest BCUT2D eigenvalue weighted by molar-refractivity contribution is 9.11. The summed E-state index contributed by atoms with van der Waals surface area (Å²) in [6.07, 6.45) is 0.607. The van der Waals surface area contributed by atoms with Gasteiger partial charge in [0.15, 0.2) is 0 Å². The van der Waals surface area contributed by atoms with Crippen LogP contribution in [0.15, 0.2) is 15.9 Å². The number of methoxy groups -OCH3 is 1. The average Bonchev–Trinajstić information content (AvgIpc) is 2.68. The van der Waals surface area contributed by atoms with Crippen molar-refractivity contribution in [2.24, 2.45) is 5.73 Å². The number of rotatable bonds is 8. The lowest BCUT2D eigenvalue weighted by molar-refractivity contribution is 0.146. The van der Waals surface area contributed by atoms with E-state index in [0.29, 0.717) is 13.0 Å². The van der Waals surface area contributed by atoms with Crippen LogP contribution >= 0.6 is 27.3 Å². The van der Waals surface area contributed by atoms with Crippen LogP contribution in [0.25, 0.3) is 0 Å². The molecule has 1 heterocycles. The summed E-state index contributed by atoms with van der Waals surface area (Å²) < 4.78 is 6.23. The van der Waals surface area contributed by atoms with E-state index in [2.05, 4.69) is 33.0 Å². The summed E-state index contributed by atoms with van der Waals surface area (Å²) in [5, 5.41) is 7.26. The number of amidine groups is 1. The van der Waals surface area contributed by atoms with Crippen LogP contribution in [0.3, 0.4) is 0 Å². The topological polar surface area (TPSA) is 62.3 Å². The predicted molar refractivity (Wildman–Crippen MR) is 75.7 cm³/mol. The number of nitrogens with two attached hydrogens (primary N) is 1. The predicted octanol–water partition coefficient (Wildman–Crippen LogP) is 2.29. The molecule has 0 fully saturated rings. The van der Waals surface area contributed by atoms with Crippen molar-refractivity contribution >= 4 is 33.1 Å². The number of hydrogen-bond donors (Lipinski definition) is 2. The quantitative estimate of drug-likeness (QED) is 0.571. The van der Waals surface area contributed by atoms with Gasteiger partial charge in [-0.1, -0.05) is 0 Å². The first kappa shape index (κ1) is 14.6. The molecule has 0 aliphatic heterocycles. The maximum absolute atomic E-state index is 7.26. The second-order valence-corrected chi connectivity index (χ2v) is 6.30. The highest BCUT2D eigenvalue weighted by atomic mass is 79.9. The number of hydrogen-bond acceptors (Lipinski definition) is 4. The Labute approximate surface area is 114 Å². The van der Waals surface area contributed by atoms with Crippen LogP contribution in [-0.2, 0) is 11.3 Å². The molecular formula is C11H18BrN3OS. The largest absolute Gasteiger partial charge is 0.388 e. The van der Waals surface area contributed by atoms with Crippen LogP contribution < -0.4 is 5.73 Å². The molecule has 96 valence electrons. The number of halogens is 1. The molecule has 6 heteroatoms. The normalized spacial score (nSPS) is 11.0. The monoisotopic (exact) mass is 319 g/mol. The molecule has 0 spiro atoms. The number of thiophene rings is 1. The zero-order valence-electron chi connectivity index (χ0n) is 9.91. The van der Waals surface area contributed by atoms with Crippen LogP contribution in [0.1, 0.15) is 11.3 Å². The molecule has 0 saturated carbocycles. The molecule has 1 aromatic heterocycles. The van der Waals surface area contributed by atoms with Gasteiger partial charge in [0.25, 0.3) is 0 Å². The fraction of sp³-hybridized carbons (Fsp3) is 0.545. The van der Waals surface area contributed by atoms with Gasteiger partial charge >= 0.3 is 0 Å². The van der Waals surface area contributed by atoms with Crippen molar-refractivity contribution in [3.63, 3.8) is 0 Å². The molecular weight excluding hydrogens is 302 g/mol. The Morgan fingerprint density at radius 2 is 2.29 bits per heavy atom. The number of ether oxygens (including phenoxy) is 1. The van der Waals surface area contributed by atoms with E-state index in [4.69, 9.17) is 15.9 Å². The van der Waals surface area contributed by atoms with Crippen molar-refractivity contribution in [2.75, 3.05) is 26.8 Å². The maximum atomic E-state index is 7.26. The van der Waals surface area contributed by atoms with Gasteiger partial charge in [-0.25, -0.2) is 0 Å². The average molecular weight is 320 g/mol. The van der Waals surface area contributed by atoms with Crippen LogP contribution in [0.4, 0.5) is 0 Å². The maximum Gasteiger partial charge on any atom is 0.0918 e. The highest BCUT2D eigenvalue weighted by Gasteiger charge is 2.08.